The van der Waals surface area contributed by atoms with Crippen LogP contribution >= 0.6 is 0 Å². The van der Waals surface area contributed by atoms with Crippen LogP contribution in [0.1, 0.15) is 94.9 Å². The summed E-state index contributed by atoms with van der Waals surface area (Å²) in [6, 6.07) is -18.6. The normalized spacial score (nSPS) is 28.4. The van der Waals surface area contributed by atoms with Gasteiger partial charge in [-0.2, -0.15) is 0 Å². The maximum atomic E-state index is 14.9. The molecule has 4 rings (SSSR count). The molecule has 546 valence electrons. The predicted octanol–water partition coefficient (Wildman–Crippen LogP) is -11.7. The van der Waals surface area contributed by atoms with Crippen LogP contribution in [0.5, 0.6) is 0 Å². The van der Waals surface area contributed by atoms with Crippen LogP contribution in [0.25, 0.3) is 0 Å². The number of aliphatic carboxylic acids is 1. The monoisotopic (exact) mass is 1380 g/mol. The number of rotatable bonds is 32. The van der Waals surface area contributed by atoms with Gasteiger partial charge in [0.15, 0.2) is 12.6 Å². The van der Waals surface area contributed by atoms with E-state index in [9.17, 15) is 109 Å². The second-order valence-corrected chi connectivity index (χ2v) is 24.7. The number of nitrogens with two attached hydrogens (primary N) is 1. The van der Waals surface area contributed by atoms with Crippen LogP contribution in [0.4, 0.5) is 0 Å². The van der Waals surface area contributed by atoms with Crippen LogP contribution in [0.2, 0.25) is 0 Å². The first-order valence-corrected chi connectivity index (χ1v) is 31.3. The number of amides is 11. The van der Waals surface area contributed by atoms with E-state index < -0.39 is 249 Å². The number of hydrogen-bond donors (Lipinski definition) is 21. The molecule has 96 heavy (non-hydrogen) atoms. The topological polar surface area (TPSA) is 605 Å². The average Bonchev–Trinajstić information content (AvgIpc) is 1.86. The van der Waals surface area contributed by atoms with Gasteiger partial charge in [-0.25, -0.2) is 0 Å². The molecule has 4 aliphatic rings. The van der Waals surface area contributed by atoms with Gasteiger partial charge in [0, 0.05) is 26.9 Å². The fourth-order valence-corrected chi connectivity index (χ4v) is 11.1. The van der Waals surface area contributed by atoms with Crippen molar-refractivity contribution >= 4 is 70.9 Å². The summed E-state index contributed by atoms with van der Waals surface area (Å²) < 4.78 is 23.6. The third kappa shape index (κ3) is 21.5. The summed E-state index contributed by atoms with van der Waals surface area (Å²) >= 11 is 0. The number of nitrogens with zero attached hydrogens (tertiary/aromatic N) is 2. The minimum atomic E-state index is -2.09. The van der Waals surface area contributed by atoms with E-state index >= 15 is 0 Å². The summed E-state index contributed by atoms with van der Waals surface area (Å²) in [7, 11) is 0. The van der Waals surface area contributed by atoms with Gasteiger partial charge in [0.25, 0.3) is 0 Å². The first-order valence-electron chi connectivity index (χ1n) is 31.3. The van der Waals surface area contributed by atoms with E-state index in [2.05, 4.69) is 42.5 Å². The number of aliphatic hydroxyl groups is 10. The van der Waals surface area contributed by atoms with Crippen molar-refractivity contribution < 1.29 is 133 Å². The van der Waals surface area contributed by atoms with Crippen LogP contribution in [-0.2, 0) is 76.5 Å². The smallest absolute Gasteiger partial charge is 0.322 e. The number of carbonyl (C=O) groups excluding carboxylic acids is 11. The molecule has 25 atom stereocenters. The SMILES string of the molecule is CC(=O)N[C@H]1[C@@H](O[C@H](C)[C@H](NC(=O)[C@@H](NC(=O)[C@@H](N)[C@@H](C)O)[C@@H](C)O)C(=O)N[C@H](C(=O)N[C@H](C(=O)N2CCC[C@H]2C(=O)N[C@H](C(=O)N2CCC[C@H]2C(=O)N[C@H](C(=O)NCC(=O)O)[C@@H](C)O)[C@@H](C)O)[C@@H](C)O)C(C)C)O[C@H](CO[C@@H]2O[C@H](CO)[C@@H](O)[C@H](O)[C@H]2NC(C)=O)[C@H](O)[C@@H]1O. The van der Waals surface area contributed by atoms with Gasteiger partial charge < -0.3 is 139 Å². The second kappa shape index (κ2) is 36.6. The quantitative estimate of drug-likeness (QED) is 0.0297. The third-order valence-corrected chi connectivity index (χ3v) is 16.5. The van der Waals surface area contributed by atoms with Crippen molar-refractivity contribution in [2.75, 3.05) is 32.8 Å². The molecule has 39 heteroatoms. The Bertz CT molecular complexity index is 2730. The zero-order valence-electron chi connectivity index (χ0n) is 54.8. The molecule has 4 aliphatic heterocycles. The van der Waals surface area contributed by atoms with Gasteiger partial charge in [0.2, 0.25) is 65.0 Å². The molecular weight excluding hydrogens is 1280 g/mol. The zero-order valence-corrected chi connectivity index (χ0v) is 54.8. The molecule has 0 spiro atoms. The summed E-state index contributed by atoms with van der Waals surface area (Å²) in [5.74, 6) is -13.8. The Balaban J connectivity index is 1.63. The molecule has 11 amide bonds. The first kappa shape index (κ1) is 81.5. The second-order valence-electron chi connectivity index (χ2n) is 24.7. The Morgan fingerprint density at radius 3 is 1.35 bits per heavy atom. The summed E-state index contributed by atoms with van der Waals surface area (Å²) in [4.78, 5) is 163. The average molecular weight is 1380 g/mol. The summed E-state index contributed by atoms with van der Waals surface area (Å²) in [5, 5.41) is 137. The molecule has 0 aromatic heterocycles. The van der Waals surface area contributed by atoms with Gasteiger partial charge in [-0.3, -0.25) is 57.5 Å². The number of carboxylic acid groups (broad SMARTS) is 1. The molecule has 4 saturated heterocycles. The van der Waals surface area contributed by atoms with Gasteiger partial charge in [-0.05, 0) is 73.1 Å². The lowest BCUT2D eigenvalue weighted by molar-refractivity contribution is -0.308. The Hall–Kier alpha value is -6.96. The van der Waals surface area contributed by atoms with Crippen molar-refractivity contribution in [3.05, 3.63) is 0 Å². The van der Waals surface area contributed by atoms with Gasteiger partial charge in [0.05, 0.1) is 49.8 Å². The molecule has 0 aromatic carbocycles. The van der Waals surface area contributed by atoms with Crippen LogP contribution in [-0.4, -0.2) is 322 Å². The zero-order chi connectivity index (χ0) is 72.7. The third-order valence-electron chi connectivity index (χ3n) is 16.5. The number of likely N-dealkylation sites (tertiary alicyclic amines) is 2. The molecule has 22 N–H and O–H groups in total. The van der Waals surface area contributed by atoms with Crippen LogP contribution < -0.4 is 53.6 Å². The van der Waals surface area contributed by atoms with Crippen LogP contribution in [0.3, 0.4) is 0 Å². The fraction of sp³-hybridized carbons (Fsp3) is 0.789. The van der Waals surface area contributed by atoms with E-state index in [-0.39, 0.29) is 38.8 Å². The molecule has 39 nitrogen and oxygen atoms in total. The highest BCUT2D eigenvalue weighted by atomic mass is 16.7. The predicted molar refractivity (Wildman–Crippen MR) is 323 cm³/mol. The number of hydrogen-bond acceptors (Lipinski definition) is 27. The van der Waals surface area contributed by atoms with E-state index in [1.165, 1.54) is 13.8 Å². The van der Waals surface area contributed by atoms with Crippen molar-refractivity contribution in [3.8, 4) is 0 Å². The molecule has 0 unspecified atom stereocenters. The molecule has 0 bridgehead atoms. The van der Waals surface area contributed by atoms with E-state index in [1.54, 1.807) is 0 Å². The number of ether oxygens (including phenoxy) is 4. The summed E-state index contributed by atoms with van der Waals surface area (Å²) in [6.45, 7) is 9.05. The highest BCUT2D eigenvalue weighted by molar-refractivity contribution is 5.99. The number of carboxylic acids is 1. The van der Waals surface area contributed by atoms with Crippen molar-refractivity contribution in [2.45, 2.75) is 247 Å². The maximum absolute atomic E-state index is 14.9. The molecule has 4 fully saturated rings. The first-order chi connectivity index (χ1) is 44.7. The molecule has 4 heterocycles. The molecule has 0 aromatic rings. The van der Waals surface area contributed by atoms with Crippen LogP contribution in [0, 0.1) is 5.92 Å². The Morgan fingerprint density at radius 2 is 0.906 bits per heavy atom. The number of nitrogens with one attached hydrogen (secondary N) is 9. The standard InChI is InChI=1S/C57H96N12O27/c1-20(2)35(51(88)66-39(25(7)75)55(92)69-16-12-14-30(69)48(85)65-38(24(6)74)54(91)68-15-11-13-29(68)47(84)63-36(22(4)72)50(87)59-17-33(78)79)62-53(90)40(67-52(89)37(23(5)73)64-49(86)34(58)21(3)71)26(8)94-57-42(61-28(10)77)46(83)44(81)32(96-57)19-93-56-41(60-27(9)76)45(82)43(80)31(18-70)95-56/h20-26,29-32,34-46,56-57,70-75,80-83H,11-19,58H2,1-10H3,(H,59,87)(H,60,76)(H,61,77)(H,62,90)(H,63,84)(H,64,86)(H,65,85)(H,66,88)(H,67,89)(H,78,79)/t21-,22-,23-,24-,25-,26-,29+,30+,31-,32-,34+,35+,36+,37+,38+,39+,40+,41-,42-,43-,44+,45-,46-,56-,57+/m1/s1. The Morgan fingerprint density at radius 1 is 0.510 bits per heavy atom. The van der Waals surface area contributed by atoms with Gasteiger partial charge in [0.1, 0.15) is 110 Å². The van der Waals surface area contributed by atoms with E-state index in [1.807, 2.05) is 5.32 Å². The number of aliphatic hydroxyl groups excluding tert-OH is 10. The largest absolute Gasteiger partial charge is 0.480 e. The fourth-order valence-electron chi connectivity index (χ4n) is 11.1. The molecular formula is C57H96N12O27. The van der Waals surface area contributed by atoms with E-state index in [4.69, 9.17) is 29.8 Å². The summed E-state index contributed by atoms with van der Waals surface area (Å²) in [5.41, 5.74) is 5.79. The maximum Gasteiger partial charge on any atom is 0.322 e. The van der Waals surface area contributed by atoms with Crippen molar-refractivity contribution in [1.29, 1.82) is 0 Å². The van der Waals surface area contributed by atoms with Gasteiger partial charge >= 0.3 is 5.97 Å². The van der Waals surface area contributed by atoms with E-state index in [0.29, 0.717) is 0 Å². The van der Waals surface area contributed by atoms with Crippen molar-refractivity contribution in [1.82, 2.24) is 57.7 Å². The molecule has 0 saturated carbocycles. The number of carbonyl (C=O) groups is 12. The van der Waals surface area contributed by atoms with E-state index in [0.717, 1.165) is 65.2 Å². The van der Waals surface area contributed by atoms with Crippen LogP contribution in [0.15, 0.2) is 0 Å². The van der Waals surface area contributed by atoms with Gasteiger partial charge in [-0.1, -0.05) is 13.8 Å². The lowest BCUT2D eigenvalue weighted by Crippen LogP contribution is -2.68. The van der Waals surface area contributed by atoms with Crippen molar-refractivity contribution in [3.63, 3.8) is 0 Å². The lowest BCUT2D eigenvalue weighted by atomic mass is 9.96. The highest BCUT2D eigenvalue weighted by Crippen LogP contribution is 2.29. The molecule has 0 aliphatic carbocycles. The van der Waals surface area contributed by atoms with Gasteiger partial charge in [-0.15, -0.1) is 0 Å². The lowest BCUT2D eigenvalue weighted by Gasteiger charge is -2.45. The Labute approximate surface area is 551 Å². The Kier molecular flexibility index (Phi) is 31.0. The molecule has 0 radical (unpaired) electrons. The minimum absolute atomic E-state index is 0.0331. The minimum Gasteiger partial charge on any atom is -0.480 e. The highest BCUT2D eigenvalue weighted by Gasteiger charge is 2.51. The van der Waals surface area contributed by atoms with Crippen molar-refractivity contribution in [2.24, 2.45) is 11.7 Å². The summed E-state index contributed by atoms with van der Waals surface area (Å²) in [6.07, 6.45) is -23.8.